The van der Waals surface area contributed by atoms with Gasteiger partial charge in [0.1, 0.15) is 6.10 Å². The van der Waals surface area contributed by atoms with Gasteiger partial charge in [0.2, 0.25) is 0 Å². The van der Waals surface area contributed by atoms with Crippen LogP contribution in [0.25, 0.3) is 0 Å². The van der Waals surface area contributed by atoms with Crippen molar-refractivity contribution in [1.29, 1.82) is 0 Å². The SMILES string of the molecule is CNC(=O)O[C@H]1C[C@H](C)CC[C@H]1C(C)C. The lowest BCUT2D eigenvalue weighted by atomic mass is 9.75. The van der Waals surface area contributed by atoms with Gasteiger partial charge >= 0.3 is 6.09 Å². The Labute approximate surface area is 92.6 Å². The normalized spacial score (nSPS) is 31.4. The second kappa shape index (κ2) is 5.38. The third-order valence-corrected chi connectivity index (χ3v) is 3.42. The smallest absolute Gasteiger partial charge is 0.407 e. The third kappa shape index (κ3) is 3.40. The van der Waals surface area contributed by atoms with E-state index in [1.54, 1.807) is 7.05 Å². The molecule has 0 bridgehead atoms. The lowest BCUT2D eigenvalue weighted by molar-refractivity contribution is 0.00703. The molecule has 1 N–H and O–H groups in total. The van der Waals surface area contributed by atoms with E-state index in [1.165, 1.54) is 12.8 Å². The average molecular weight is 213 g/mol. The second-order valence-electron chi connectivity index (χ2n) is 5.02. The fraction of sp³-hybridized carbons (Fsp3) is 0.917. The van der Waals surface area contributed by atoms with Crippen LogP contribution < -0.4 is 5.32 Å². The molecule has 1 amide bonds. The minimum atomic E-state index is -0.292. The van der Waals surface area contributed by atoms with Crippen molar-refractivity contribution in [1.82, 2.24) is 5.32 Å². The molecule has 0 saturated heterocycles. The van der Waals surface area contributed by atoms with Crippen molar-refractivity contribution >= 4 is 6.09 Å². The summed E-state index contributed by atoms with van der Waals surface area (Å²) in [6.45, 7) is 6.65. The molecule has 0 aliphatic heterocycles. The first-order valence-electron chi connectivity index (χ1n) is 5.93. The van der Waals surface area contributed by atoms with E-state index in [0.717, 1.165) is 6.42 Å². The van der Waals surface area contributed by atoms with Crippen LogP contribution in [0.15, 0.2) is 0 Å². The van der Waals surface area contributed by atoms with Gasteiger partial charge in [-0.05, 0) is 30.6 Å². The van der Waals surface area contributed by atoms with Crippen LogP contribution in [0.4, 0.5) is 4.79 Å². The quantitative estimate of drug-likeness (QED) is 0.766. The summed E-state index contributed by atoms with van der Waals surface area (Å²) in [5, 5.41) is 2.53. The molecule has 1 fully saturated rings. The number of alkyl carbamates (subject to hydrolysis) is 1. The van der Waals surface area contributed by atoms with E-state index in [-0.39, 0.29) is 12.2 Å². The fourth-order valence-electron chi connectivity index (χ4n) is 2.45. The molecule has 0 heterocycles. The molecule has 15 heavy (non-hydrogen) atoms. The van der Waals surface area contributed by atoms with Crippen LogP contribution in [0.5, 0.6) is 0 Å². The molecule has 88 valence electrons. The first kappa shape index (κ1) is 12.3. The number of carbonyl (C=O) groups is 1. The van der Waals surface area contributed by atoms with Crippen molar-refractivity contribution in [2.45, 2.75) is 46.1 Å². The maximum Gasteiger partial charge on any atom is 0.407 e. The van der Waals surface area contributed by atoms with Crippen molar-refractivity contribution in [3.05, 3.63) is 0 Å². The molecule has 3 heteroatoms. The van der Waals surface area contributed by atoms with Gasteiger partial charge in [0.25, 0.3) is 0 Å². The van der Waals surface area contributed by atoms with Gasteiger partial charge in [-0.25, -0.2) is 4.79 Å². The van der Waals surface area contributed by atoms with E-state index in [4.69, 9.17) is 4.74 Å². The molecule has 0 aromatic rings. The third-order valence-electron chi connectivity index (χ3n) is 3.42. The monoisotopic (exact) mass is 213 g/mol. The second-order valence-corrected chi connectivity index (χ2v) is 5.02. The zero-order valence-corrected chi connectivity index (χ0v) is 10.2. The van der Waals surface area contributed by atoms with Gasteiger partial charge in [-0.1, -0.05) is 27.2 Å². The molecular formula is C12H23NO2. The molecule has 1 rings (SSSR count). The molecule has 0 unspecified atom stereocenters. The van der Waals surface area contributed by atoms with Crippen molar-refractivity contribution in [2.24, 2.45) is 17.8 Å². The molecule has 0 spiro atoms. The van der Waals surface area contributed by atoms with Crippen LogP contribution >= 0.6 is 0 Å². The van der Waals surface area contributed by atoms with Crippen molar-refractivity contribution in [2.75, 3.05) is 7.05 Å². The van der Waals surface area contributed by atoms with Crippen LogP contribution in [-0.2, 0) is 4.74 Å². The minimum absolute atomic E-state index is 0.105. The van der Waals surface area contributed by atoms with Crippen molar-refractivity contribution < 1.29 is 9.53 Å². The van der Waals surface area contributed by atoms with Crippen LogP contribution in [0.3, 0.4) is 0 Å². The Bertz CT molecular complexity index is 216. The summed E-state index contributed by atoms with van der Waals surface area (Å²) < 4.78 is 5.43. The molecule has 0 radical (unpaired) electrons. The highest BCUT2D eigenvalue weighted by Gasteiger charge is 2.33. The lowest BCUT2D eigenvalue weighted by Gasteiger charge is -2.36. The van der Waals surface area contributed by atoms with Crippen LogP contribution in [-0.4, -0.2) is 19.2 Å². The highest BCUT2D eigenvalue weighted by molar-refractivity contribution is 5.66. The van der Waals surface area contributed by atoms with Gasteiger partial charge < -0.3 is 10.1 Å². The standard InChI is InChI=1S/C12H23NO2/c1-8(2)10-6-5-9(3)7-11(10)15-12(14)13-4/h8-11H,5-7H2,1-4H3,(H,13,14)/t9-,10+,11+/m1/s1. The van der Waals surface area contributed by atoms with Gasteiger partial charge in [0.15, 0.2) is 0 Å². The van der Waals surface area contributed by atoms with Gasteiger partial charge in [0.05, 0.1) is 0 Å². The minimum Gasteiger partial charge on any atom is -0.446 e. The molecule has 3 nitrogen and oxygen atoms in total. The molecule has 0 aromatic carbocycles. The van der Waals surface area contributed by atoms with Gasteiger partial charge in [-0.2, -0.15) is 0 Å². The Hall–Kier alpha value is -0.730. The average Bonchev–Trinajstić information content (AvgIpc) is 2.17. The Morgan fingerprint density at radius 3 is 2.60 bits per heavy atom. The molecule has 3 atom stereocenters. The number of rotatable bonds is 2. The zero-order valence-electron chi connectivity index (χ0n) is 10.2. The number of nitrogens with one attached hydrogen (secondary N) is 1. The number of carbonyl (C=O) groups excluding carboxylic acids is 1. The summed E-state index contributed by atoms with van der Waals surface area (Å²) in [5.74, 6) is 1.79. The molecule has 1 saturated carbocycles. The van der Waals surface area contributed by atoms with E-state index in [9.17, 15) is 4.79 Å². The molecule has 1 aliphatic rings. The highest BCUT2D eigenvalue weighted by Crippen LogP contribution is 2.35. The Balaban J connectivity index is 2.57. The summed E-state index contributed by atoms with van der Waals surface area (Å²) in [6, 6.07) is 0. The molecular weight excluding hydrogens is 190 g/mol. The summed E-state index contributed by atoms with van der Waals surface area (Å²) in [7, 11) is 1.61. The largest absolute Gasteiger partial charge is 0.446 e. The van der Waals surface area contributed by atoms with Crippen molar-refractivity contribution in [3.63, 3.8) is 0 Å². The van der Waals surface area contributed by atoms with E-state index < -0.39 is 0 Å². The van der Waals surface area contributed by atoms with E-state index in [0.29, 0.717) is 17.8 Å². The van der Waals surface area contributed by atoms with Crippen molar-refractivity contribution in [3.8, 4) is 0 Å². The Morgan fingerprint density at radius 2 is 2.07 bits per heavy atom. The topological polar surface area (TPSA) is 38.3 Å². The first-order valence-corrected chi connectivity index (χ1v) is 5.93. The predicted octanol–water partition coefficient (Wildman–Crippen LogP) is 2.80. The molecule has 1 aliphatic carbocycles. The maximum absolute atomic E-state index is 11.2. The summed E-state index contributed by atoms with van der Waals surface area (Å²) >= 11 is 0. The van der Waals surface area contributed by atoms with E-state index in [2.05, 4.69) is 26.1 Å². The summed E-state index contributed by atoms with van der Waals surface area (Å²) in [4.78, 5) is 11.2. The fourth-order valence-corrected chi connectivity index (χ4v) is 2.45. The van der Waals surface area contributed by atoms with E-state index in [1.807, 2.05) is 0 Å². The number of ether oxygens (including phenoxy) is 1. The Kier molecular flexibility index (Phi) is 4.43. The number of hydrogen-bond acceptors (Lipinski definition) is 2. The Morgan fingerprint density at radius 1 is 1.40 bits per heavy atom. The first-order chi connectivity index (χ1) is 7.04. The van der Waals surface area contributed by atoms with Gasteiger partial charge in [-0.3, -0.25) is 0 Å². The number of hydrogen-bond donors (Lipinski definition) is 1. The van der Waals surface area contributed by atoms with Gasteiger partial charge in [-0.15, -0.1) is 0 Å². The highest BCUT2D eigenvalue weighted by atomic mass is 16.6. The van der Waals surface area contributed by atoms with Gasteiger partial charge in [0, 0.05) is 7.05 Å². The lowest BCUT2D eigenvalue weighted by Crippen LogP contribution is -2.38. The summed E-state index contributed by atoms with van der Waals surface area (Å²) in [5.41, 5.74) is 0. The van der Waals surface area contributed by atoms with Crippen LogP contribution in [0, 0.1) is 17.8 Å². The maximum atomic E-state index is 11.2. The molecule has 0 aromatic heterocycles. The predicted molar refractivity (Wildman–Crippen MR) is 60.7 cm³/mol. The van der Waals surface area contributed by atoms with E-state index >= 15 is 0 Å². The van der Waals surface area contributed by atoms with Crippen LogP contribution in [0.2, 0.25) is 0 Å². The zero-order chi connectivity index (χ0) is 11.4. The summed E-state index contributed by atoms with van der Waals surface area (Å²) in [6.07, 6.45) is 3.26. The number of amides is 1. The van der Waals surface area contributed by atoms with Crippen LogP contribution in [0.1, 0.15) is 40.0 Å².